The molecular weight excluding hydrogens is 328 g/mol. The maximum Gasteiger partial charge on any atom is 0.322 e. The number of Topliss-reactive ketones (excluding diaryl/α,β-unsaturated/α-hetero) is 1. The number of likely N-dealkylation sites (tertiary alicyclic amines) is 1. The van der Waals surface area contributed by atoms with E-state index in [1.807, 2.05) is 11.1 Å². The van der Waals surface area contributed by atoms with Gasteiger partial charge < -0.3 is 10.2 Å². The minimum absolute atomic E-state index is 0.0180. The van der Waals surface area contributed by atoms with Crippen molar-refractivity contribution in [1.82, 2.24) is 15.1 Å². The quantitative estimate of drug-likeness (QED) is 0.824. The average molecular weight is 347 g/mol. The van der Waals surface area contributed by atoms with Crippen LogP contribution in [-0.2, 0) is 0 Å². The smallest absolute Gasteiger partial charge is 0.317 e. The fourth-order valence-electron chi connectivity index (χ4n) is 3.04. The molecule has 1 fully saturated rings. The van der Waals surface area contributed by atoms with E-state index in [0.29, 0.717) is 22.8 Å². The first-order valence-corrected chi connectivity index (χ1v) is 8.31. The Balaban J connectivity index is 1.76. The number of rotatable bonds is 3. The van der Waals surface area contributed by atoms with Gasteiger partial charge in [-0.3, -0.25) is 9.89 Å². The highest BCUT2D eigenvalue weighted by Gasteiger charge is 2.28. The maximum atomic E-state index is 12.7. The third kappa shape index (κ3) is 3.43. The van der Waals surface area contributed by atoms with Gasteiger partial charge in [-0.05, 0) is 44.4 Å². The van der Waals surface area contributed by atoms with Gasteiger partial charge in [0.25, 0.3) is 0 Å². The van der Waals surface area contributed by atoms with Crippen LogP contribution in [0.15, 0.2) is 30.6 Å². The third-order valence-corrected chi connectivity index (χ3v) is 4.58. The highest BCUT2D eigenvalue weighted by atomic mass is 35.5. The Morgan fingerprint density at radius 3 is 2.88 bits per heavy atom. The van der Waals surface area contributed by atoms with E-state index in [-0.39, 0.29) is 17.9 Å². The van der Waals surface area contributed by atoms with Crippen LogP contribution in [0.5, 0.6) is 0 Å². The number of piperidine rings is 1. The van der Waals surface area contributed by atoms with E-state index in [1.54, 1.807) is 24.4 Å². The summed E-state index contributed by atoms with van der Waals surface area (Å²) in [5.41, 5.74) is 2.03. The molecule has 2 heterocycles. The average Bonchev–Trinajstić information content (AvgIpc) is 3.09. The summed E-state index contributed by atoms with van der Waals surface area (Å²) in [6.45, 7) is 2.16. The Hall–Kier alpha value is -2.34. The first-order chi connectivity index (χ1) is 11.6. The minimum atomic E-state index is -0.174. The predicted octanol–water partition coefficient (Wildman–Crippen LogP) is 4.02. The molecular formula is C17H19ClN4O2. The van der Waals surface area contributed by atoms with Crippen LogP contribution < -0.4 is 5.32 Å². The largest absolute Gasteiger partial charge is 0.322 e. The molecule has 0 bridgehead atoms. The number of nitrogens with one attached hydrogen (secondary N) is 2. The molecule has 1 aromatic heterocycles. The lowest BCUT2D eigenvalue weighted by atomic mass is 9.98. The molecule has 0 saturated carbocycles. The number of halogens is 1. The van der Waals surface area contributed by atoms with Gasteiger partial charge in [-0.15, -0.1) is 0 Å². The molecule has 7 heteroatoms. The summed E-state index contributed by atoms with van der Waals surface area (Å²) in [4.78, 5) is 25.9. The molecule has 2 aromatic rings. The van der Waals surface area contributed by atoms with Gasteiger partial charge in [0.1, 0.15) is 0 Å². The van der Waals surface area contributed by atoms with Crippen molar-refractivity contribution in [3.8, 4) is 0 Å². The number of nitrogens with zero attached hydrogens (tertiary/aromatic N) is 2. The van der Waals surface area contributed by atoms with E-state index in [2.05, 4.69) is 15.5 Å². The SMILES string of the molecule is CC(=O)c1ccc(NC(=O)N2CCCC[C@@H]2c2cn[nH]c2)cc1Cl. The maximum absolute atomic E-state index is 12.7. The second-order valence-electron chi connectivity index (χ2n) is 5.92. The van der Waals surface area contributed by atoms with E-state index >= 15 is 0 Å². The zero-order chi connectivity index (χ0) is 17.1. The van der Waals surface area contributed by atoms with Crippen LogP contribution in [0.1, 0.15) is 48.1 Å². The molecule has 2 amide bonds. The van der Waals surface area contributed by atoms with Gasteiger partial charge in [0.05, 0.1) is 17.3 Å². The number of anilines is 1. The molecule has 1 aliphatic heterocycles. The standard InChI is InChI=1S/C17H19ClN4O2/c1-11(23)14-6-5-13(8-15(14)18)21-17(24)22-7-3-2-4-16(22)12-9-19-20-10-12/h5-6,8-10,16H,2-4,7H2,1H3,(H,19,20)(H,21,24)/t16-/m1/s1. The van der Waals surface area contributed by atoms with E-state index in [0.717, 1.165) is 24.8 Å². The lowest BCUT2D eigenvalue weighted by Gasteiger charge is -2.35. The second kappa shape index (κ2) is 7.05. The van der Waals surface area contributed by atoms with Gasteiger partial charge in [0.2, 0.25) is 0 Å². The van der Waals surface area contributed by atoms with E-state index < -0.39 is 0 Å². The van der Waals surface area contributed by atoms with Crippen LogP contribution in [0.2, 0.25) is 5.02 Å². The molecule has 1 aliphatic rings. The zero-order valence-electron chi connectivity index (χ0n) is 13.4. The molecule has 0 unspecified atom stereocenters. The summed E-state index contributed by atoms with van der Waals surface area (Å²) in [6.07, 6.45) is 6.56. The lowest BCUT2D eigenvalue weighted by molar-refractivity contribution is 0.101. The van der Waals surface area contributed by atoms with Crippen molar-refractivity contribution < 1.29 is 9.59 Å². The van der Waals surface area contributed by atoms with Crippen molar-refractivity contribution >= 4 is 29.1 Å². The molecule has 6 nitrogen and oxygen atoms in total. The molecule has 1 atom stereocenters. The van der Waals surface area contributed by atoms with Gasteiger partial charge in [-0.1, -0.05) is 11.6 Å². The van der Waals surface area contributed by atoms with Gasteiger partial charge in [-0.2, -0.15) is 5.10 Å². The van der Waals surface area contributed by atoms with Crippen molar-refractivity contribution in [2.75, 3.05) is 11.9 Å². The van der Waals surface area contributed by atoms with Crippen LogP contribution in [0.4, 0.5) is 10.5 Å². The number of H-pyrrole nitrogens is 1. The lowest BCUT2D eigenvalue weighted by Crippen LogP contribution is -2.41. The van der Waals surface area contributed by atoms with Crippen LogP contribution in [0, 0.1) is 0 Å². The Bertz CT molecular complexity index is 745. The van der Waals surface area contributed by atoms with Crippen molar-refractivity contribution in [2.24, 2.45) is 0 Å². The van der Waals surface area contributed by atoms with Gasteiger partial charge in [-0.25, -0.2) is 4.79 Å². The topological polar surface area (TPSA) is 78.1 Å². The molecule has 0 radical (unpaired) electrons. The number of aromatic amines is 1. The van der Waals surface area contributed by atoms with Gasteiger partial charge in [0, 0.05) is 29.6 Å². The van der Waals surface area contributed by atoms with E-state index in [1.165, 1.54) is 6.92 Å². The fourth-order valence-corrected chi connectivity index (χ4v) is 3.35. The van der Waals surface area contributed by atoms with Crippen LogP contribution in [0.3, 0.4) is 0 Å². The second-order valence-corrected chi connectivity index (χ2v) is 6.32. The monoisotopic (exact) mass is 346 g/mol. The zero-order valence-corrected chi connectivity index (χ0v) is 14.1. The first-order valence-electron chi connectivity index (χ1n) is 7.93. The highest BCUT2D eigenvalue weighted by molar-refractivity contribution is 6.34. The Morgan fingerprint density at radius 1 is 1.38 bits per heavy atom. The molecule has 1 aromatic carbocycles. The fraction of sp³-hybridized carbons (Fsp3) is 0.353. The van der Waals surface area contributed by atoms with Crippen molar-refractivity contribution in [2.45, 2.75) is 32.2 Å². The summed E-state index contributed by atoms with van der Waals surface area (Å²) in [5.74, 6) is -0.103. The number of urea groups is 1. The minimum Gasteiger partial charge on any atom is -0.317 e. The number of amides is 2. The summed E-state index contributed by atoms with van der Waals surface area (Å²) >= 11 is 6.11. The Labute approximate surface area is 145 Å². The molecule has 0 aliphatic carbocycles. The Morgan fingerprint density at radius 2 is 2.21 bits per heavy atom. The van der Waals surface area contributed by atoms with Crippen LogP contribution in [0.25, 0.3) is 0 Å². The number of carbonyl (C=O) groups is 2. The van der Waals surface area contributed by atoms with Crippen LogP contribution >= 0.6 is 11.6 Å². The number of hydrogen-bond acceptors (Lipinski definition) is 3. The highest BCUT2D eigenvalue weighted by Crippen LogP contribution is 2.31. The van der Waals surface area contributed by atoms with Crippen LogP contribution in [-0.4, -0.2) is 33.5 Å². The van der Waals surface area contributed by atoms with Crippen molar-refractivity contribution in [3.05, 3.63) is 46.7 Å². The first kappa shape index (κ1) is 16.5. The summed E-state index contributed by atoms with van der Waals surface area (Å²) in [7, 11) is 0. The molecule has 2 N–H and O–H groups in total. The number of benzene rings is 1. The van der Waals surface area contributed by atoms with Gasteiger partial charge in [0.15, 0.2) is 5.78 Å². The number of aromatic nitrogens is 2. The molecule has 24 heavy (non-hydrogen) atoms. The summed E-state index contributed by atoms with van der Waals surface area (Å²) < 4.78 is 0. The molecule has 126 valence electrons. The number of hydrogen-bond donors (Lipinski definition) is 2. The number of ketones is 1. The van der Waals surface area contributed by atoms with Crippen molar-refractivity contribution in [1.29, 1.82) is 0 Å². The normalized spacial score (nSPS) is 17.6. The van der Waals surface area contributed by atoms with E-state index in [9.17, 15) is 9.59 Å². The van der Waals surface area contributed by atoms with Crippen molar-refractivity contribution in [3.63, 3.8) is 0 Å². The summed E-state index contributed by atoms with van der Waals surface area (Å²) in [5, 5.41) is 9.99. The molecule has 0 spiro atoms. The van der Waals surface area contributed by atoms with E-state index in [4.69, 9.17) is 11.6 Å². The predicted molar refractivity (Wildman–Crippen MR) is 92.4 cm³/mol. The third-order valence-electron chi connectivity index (χ3n) is 4.27. The molecule has 1 saturated heterocycles. The number of carbonyl (C=O) groups excluding carboxylic acids is 2. The van der Waals surface area contributed by atoms with Gasteiger partial charge >= 0.3 is 6.03 Å². The Kier molecular flexibility index (Phi) is 4.85. The summed E-state index contributed by atoms with van der Waals surface area (Å²) in [6, 6.07) is 4.77. The molecule has 3 rings (SSSR count).